The summed E-state index contributed by atoms with van der Waals surface area (Å²) in [5.41, 5.74) is 6.22. The molecule has 3 heteroatoms. The van der Waals surface area contributed by atoms with Gasteiger partial charge in [0.25, 0.3) is 0 Å². The summed E-state index contributed by atoms with van der Waals surface area (Å²) in [6.07, 6.45) is 9.35. The van der Waals surface area contributed by atoms with Gasteiger partial charge in [0, 0.05) is 13.1 Å². The van der Waals surface area contributed by atoms with Gasteiger partial charge in [-0.15, -0.1) is 0 Å². The van der Waals surface area contributed by atoms with Crippen LogP contribution in [0.5, 0.6) is 0 Å². The lowest BCUT2D eigenvalue weighted by Crippen LogP contribution is -2.48. The van der Waals surface area contributed by atoms with Crippen molar-refractivity contribution in [1.29, 1.82) is 0 Å². The van der Waals surface area contributed by atoms with Crippen molar-refractivity contribution in [3.8, 4) is 0 Å². The highest BCUT2D eigenvalue weighted by Gasteiger charge is 2.36. The van der Waals surface area contributed by atoms with Gasteiger partial charge in [-0.2, -0.15) is 0 Å². The number of amides is 1. The minimum Gasteiger partial charge on any atom is -0.341 e. The third-order valence-electron chi connectivity index (χ3n) is 4.44. The predicted octanol–water partition coefficient (Wildman–Crippen LogP) is 1.91. The lowest BCUT2D eigenvalue weighted by Gasteiger charge is -2.44. The smallest absolute Gasteiger partial charge is 0.239 e. The van der Waals surface area contributed by atoms with Gasteiger partial charge >= 0.3 is 0 Å². The summed E-state index contributed by atoms with van der Waals surface area (Å²) in [7, 11) is 0. The Labute approximate surface area is 98.4 Å². The lowest BCUT2D eigenvalue weighted by atomic mass is 9.68. The van der Waals surface area contributed by atoms with E-state index in [1.54, 1.807) is 6.92 Å². The van der Waals surface area contributed by atoms with Crippen molar-refractivity contribution >= 4 is 5.91 Å². The first-order chi connectivity index (χ1) is 7.63. The summed E-state index contributed by atoms with van der Waals surface area (Å²) in [6.45, 7) is 3.65. The summed E-state index contributed by atoms with van der Waals surface area (Å²) < 4.78 is 0. The van der Waals surface area contributed by atoms with E-state index in [-0.39, 0.29) is 11.9 Å². The summed E-state index contributed by atoms with van der Waals surface area (Å²) in [6, 6.07) is -0.333. The highest BCUT2D eigenvalue weighted by atomic mass is 16.2. The molecule has 0 aromatic rings. The molecule has 1 saturated carbocycles. The van der Waals surface area contributed by atoms with E-state index in [9.17, 15) is 4.79 Å². The first kappa shape index (κ1) is 11.9. The molecule has 0 aromatic carbocycles. The van der Waals surface area contributed by atoms with E-state index in [4.69, 9.17) is 5.73 Å². The van der Waals surface area contributed by atoms with Gasteiger partial charge in [0.1, 0.15) is 0 Å². The number of nitrogens with two attached hydrogens (primary N) is 1. The minimum atomic E-state index is -0.333. The number of likely N-dealkylation sites (tertiary alicyclic amines) is 1. The van der Waals surface area contributed by atoms with E-state index < -0.39 is 0 Å². The van der Waals surface area contributed by atoms with Gasteiger partial charge in [-0.1, -0.05) is 19.3 Å². The number of carbonyl (C=O) groups is 1. The largest absolute Gasteiger partial charge is 0.341 e. The first-order valence-corrected chi connectivity index (χ1v) is 6.67. The molecule has 2 rings (SSSR count). The normalized spacial score (nSPS) is 26.8. The first-order valence-electron chi connectivity index (χ1n) is 6.67. The van der Waals surface area contributed by atoms with Crippen molar-refractivity contribution in [3.63, 3.8) is 0 Å². The van der Waals surface area contributed by atoms with Crippen LogP contribution in [-0.4, -0.2) is 29.9 Å². The Bertz CT molecular complexity index is 247. The average molecular weight is 224 g/mol. The zero-order valence-corrected chi connectivity index (χ0v) is 10.4. The number of hydrogen-bond acceptors (Lipinski definition) is 2. The van der Waals surface area contributed by atoms with Crippen molar-refractivity contribution in [2.75, 3.05) is 13.1 Å². The Kier molecular flexibility index (Phi) is 3.53. The van der Waals surface area contributed by atoms with Crippen molar-refractivity contribution in [2.24, 2.45) is 11.1 Å². The average Bonchev–Trinajstić information content (AvgIpc) is 2.30. The number of nitrogens with zero attached hydrogens (tertiary/aromatic N) is 1. The molecule has 92 valence electrons. The molecule has 0 aromatic heterocycles. The van der Waals surface area contributed by atoms with Crippen LogP contribution in [0, 0.1) is 5.41 Å². The summed E-state index contributed by atoms with van der Waals surface area (Å²) in [5.74, 6) is 0.130. The van der Waals surface area contributed by atoms with Crippen molar-refractivity contribution in [3.05, 3.63) is 0 Å². The molecule has 1 saturated heterocycles. The Balaban J connectivity index is 1.88. The van der Waals surface area contributed by atoms with Crippen molar-refractivity contribution in [1.82, 2.24) is 4.90 Å². The fourth-order valence-corrected chi connectivity index (χ4v) is 3.29. The Morgan fingerprint density at radius 1 is 1.12 bits per heavy atom. The third-order valence-corrected chi connectivity index (χ3v) is 4.44. The van der Waals surface area contributed by atoms with Crippen LogP contribution in [0.3, 0.4) is 0 Å². The van der Waals surface area contributed by atoms with Crippen LogP contribution in [-0.2, 0) is 4.79 Å². The van der Waals surface area contributed by atoms with Gasteiger partial charge in [-0.05, 0) is 38.0 Å². The van der Waals surface area contributed by atoms with Gasteiger partial charge in [0.15, 0.2) is 0 Å². The standard InChI is InChI=1S/C13H24N2O/c1-11(14)12(16)15-9-7-13(8-10-15)5-3-2-4-6-13/h11H,2-10,14H2,1H3/t11-/m0/s1. The Hall–Kier alpha value is -0.570. The predicted molar refractivity (Wildman–Crippen MR) is 65.0 cm³/mol. The minimum absolute atomic E-state index is 0.130. The van der Waals surface area contributed by atoms with Crippen LogP contribution in [0.1, 0.15) is 51.9 Å². The molecule has 1 atom stereocenters. The van der Waals surface area contributed by atoms with E-state index in [0.717, 1.165) is 13.1 Å². The second kappa shape index (κ2) is 4.74. The third kappa shape index (κ3) is 2.40. The van der Waals surface area contributed by atoms with E-state index in [1.807, 2.05) is 4.90 Å². The molecule has 1 amide bonds. The molecule has 0 bridgehead atoms. The Morgan fingerprint density at radius 2 is 1.69 bits per heavy atom. The van der Waals surface area contributed by atoms with Crippen molar-refractivity contribution in [2.45, 2.75) is 57.9 Å². The fourth-order valence-electron chi connectivity index (χ4n) is 3.29. The quantitative estimate of drug-likeness (QED) is 0.739. The van der Waals surface area contributed by atoms with Crippen LogP contribution in [0.15, 0.2) is 0 Å². The SMILES string of the molecule is C[C@H](N)C(=O)N1CCC2(CCCCC2)CC1. The zero-order chi connectivity index (χ0) is 11.6. The second-order valence-electron chi connectivity index (χ2n) is 5.67. The molecular formula is C13H24N2O. The van der Waals surface area contributed by atoms with Gasteiger partial charge in [0.2, 0.25) is 5.91 Å². The molecule has 2 N–H and O–H groups in total. The fraction of sp³-hybridized carbons (Fsp3) is 0.923. The van der Waals surface area contributed by atoms with Crippen LogP contribution in [0.2, 0.25) is 0 Å². The summed E-state index contributed by atoms with van der Waals surface area (Å²) in [5, 5.41) is 0. The monoisotopic (exact) mass is 224 g/mol. The van der Waals surface area contributed by atoms with E-state index in [1.165, 1.54) is 44.9 Å². The molecular weight excluding hydrogens is 200 g/mol. The molecule has 0 radical (unpaired) electrons. The zero-order valence-electron chi connectivity index (χ0n) is 10.4. The van der Waals surface area contributed by atoms with Gasteiger partial charge in [-0.3, -0.25) is 4.79 Å². The van der Waals surface area contributed by atoms with E-state index >= 15 is 0 Å². The van der Waals surface area contributed by atoms with Crippen LogP contribution in [0.4, 0.5) is 0 Å². The van der Waals surface area contributed by atoms with Crippen LogP contribution in [0.25, 0.3) is 0 Å². The van der Waals surface area contributed by atoms with Gasteiger partial charge in [0.05, 0.1) is 6.04 Å². The highest BCUT2D eigenvalue weighted by molar-refractivity contribution is 5.81. The summed E-state index contributed by atoms with van der Waals surface area (Å²) in [4.78, 5) is 13.7. The van der Waals surface area contributed by atoms with Gasteiger partial charge in [-0.25, -0.2) is 0 Å². The summed E-state index contributed by atoms with van der Waals surface area (Å²) >= 11 is 0. The maximum atomic E-state index is 11.8. The number of piperidine rings is 1. The maximum Gasteiger partial charge on any atom is 0.239 e. The van der Waals surface area contributed by atoms with E-state index in [0.29, 0.717) is 5.41 Å². The van der Waals surface area contributed by atoms with Gasteiger partial charge < -0.3 is 10.6 Å². The molecule has 2 aliphatic rings. The molecule has 1 aliphatic heterocycles. The molecule has 1 aliphatic carbocycles. The second-order valence-corrected chi connectivity index (χ2v) is 5.67. The van der Waals surface area contributed by atoms with Crippen molar-refractivity contribution < 1.29 is 4.79 Å². The Morgan fingerprint density at radius 3 is 2.19 bits per heavy atom. The number of rotatable bonds is 1. The van der Waals surface area contributed by atoms with E-state index in [2.05, 4.69) is 0 Å². The number of carbonyl (C=O) groups excluding carboxylic acids is 1. The molecule has 0 unspecified atom stereocenters. The topological polar surface area (TPSA) is 46.3 Å². The molecule has 16 heavy (non-hydrogen) atoms. The number of hydrogen-bond donors (Lipinski definition) is 1. The molecule has 3 nitrogen and oxygen atoms in total. The van der Waals surface area contributed by atoms with Crippen LogP contribution >= 0.6 is 0 Å². The highest BCUT2D eigenvalue weighted by Crippen LogP contribution is 2.44. The lowest BCUT2D eigenvalue weighted by molar-refractivity contribution is -0.134. The molecule has 1 heterocycles. The van der Waals surface area contributed by atoms with Crippen LogP contribution < -0.4 is 5.73 Å². The maximum absolute atomic E-state index is 11.8. The molecule has 1 spiro atoms. The molecule has 2 fully saturated rings.